The minimum absolute atomic E-state index is 0.632. The molecule has 1 saturated heterocycles. The first-order valence-electron chi connectivity index (χ1n) is 7.97. The van der Waals surface area contributed by atoms with Crippen molar-refractivity contribution in [1.29, 1.82) is 0 Å². The highest BCUT2D eigenvalue weighted by Crippen LogP contribution is 2.31. The van der Waals surface area contributed by atoms with E-state index in [1.54, 1.807) is 6.33 Å². The van der Waals surface area contributed by atoms with Crippen LogP contribution in [0.25, 0.3) is 0 Å². The number of anilines is 1. The van der Waals surface area contributed by atoms with E-state index >= 15 is 0 Å². The minimum atomic E-state index is 0.632. The van der Waals surface area contributed by atoms with Crippen LogP contribution in [0.15, 0.2) is 6.33 Å². The Morgan fingerprint density at radius 3 is 2.65 bits per heavy atom. The quantitative estimate of drug-likeness (QED) is 0.608. The lowest BCUT2D eigenvalue weighted by molar-refractivity contribution is 0.405. The van der Waals surface area contributed by atoms with Gasteiger partial charge in [-0.2, -0.15) is 0 Å². The van der Waals surface area contributed by atoms with Crippen molar-refractivity contribution >= 4 is 21.7 Å². The third kappa shape index (κ3) is 3.00. The number of hydrogen-bond donors (Lipinski definition) is 0. The van der Waals surface area contributed by atoms with Crippen molar-refractivity contribution in [3.05, 3.63) is 17.6 Å². The smallest absolute Gasteiger partial charge is 0.135 e. The minimum Gasteiger partial charge on any atom is -0.356 e. The highest BCUT2D eigenvalue weighted by molar-refractivity contribution is 9.09. The lowest BCUT2D eigenvalue weighted by atomic mass is 9.94. The predicted molar refractivity (Wildman–Crippen MR) is 86.6 cm³/mol. The maximum Gasteiger partial charge on any atom is 0.135 e. The van der Waals surface area contributed by atoms with Crippen LogP contribution in [0.4, 0.5) is 5.82 Å². The Kier molecular flexibility index (Phi) is 4.59. The monoisotopic (exact) mass is 337 g/mol. The number of nitrogens with zero attached hydrogens (tertiary/aromatic N) is 3. The molecule has 1 aliphatic carbocycles. The second kappa shape index (κ2) is 6.42. The zero-order chi connectivity index (χ0) is 13.9. The Bertz CT molecular complexity index is 453. The first-order chi connectivity index (χ1) is 9.75. The second-order valence-corrected chi connectivity index (χ2v) is 7.63. The molecule has 3 nitrogen and oxygen atoms in total. The summed E-state index contributed by atoms with van der Waals surface area (Å²) in [6, 6.07) is 0. The molecular formula is C16H24BrN3. The third-order valence-electron chi connectivity index (χ3n) is 4.84. The molecule has 1 aromatic heterocycles. The molecule has 0 N–H and O–H groups in total. The normalized spacial score (nSPS) is 22.2. The molecule has 1 unspecified atom stereocenters. The predicted octanol–water partition coefficient (Wildman–Crippen LogP) is 3.75. The standard InChI is InChI=1S/C16H24BrN3/c1-12(17)13-7-9-20(10-8-13)16-14-5-3-2-4-6-15(14)18-11-19-16/h11-13H,2-10H2,1H3. The first kappa shape index (κ1) is 14.3. The summed E-state index contributed by atoms with van der Waals surface area (Å²) in [5.74, 6) is 2.05. The van der Waals surface area contributed by atoms with E-state index in [0.29, 0.717) is 4.83 Å². The van der Waals surface area contributed by atoms with E-state index in [9.17, 15) is 0 Å². The van der Waals surface area contributed by atoms with Crippen LogP contribution in [0.3, 0.4) is 0 Å². The fraction of sp³-hybridized carbons (Fsp3) is 0.750. The van der Waals surface area contributed by atoms with Gasteiger partial charge in [-0.25, -0.2) is 9.97 Å². The molecule has 1 aliphatic heterocycles. The molecule has 2 heterocycles. The fourth-order valence-electron chi connectivity index (χ4n) is 3.52. The molecule has 0 radical (unpaired) electrons. The van der Waals surface area contributed by atoms with Crippen molar-refractivity contribution in [2.75, 3.05) is 18.0 Å². The van der Waals surface area contributed by atoms with Crippen LogP contribution in [0.2, 0.25) is 0 Å². The summed E-state index contributed by atoms with van der Waals surface area (Å²) in [7, 11) is 0. The van der Waals surface area contributed by atoms with Gasteiger partial charge in [-0.1, -0.05) is 29.3 Å². The number of rotatable bonds is 2. The number of piperidine rings is 1. The number of halogens is 1. The van der Waals surface area contributed by atoms with Crippen LogP contribution < -0.4 is 4.90 Å². The largest absolute Gasteiger partial charge is 0.356 e. The summed E-state index contributed by atoms with van der Waals surface area (Å²) in [6.07, 6.45) is 10.5. The Balaban J connectivity index is 1.78. The van der Waals surface area contributed by atoms with Crippen molar-refractivity contribution in [3.8, 4) is 0 Å². The summed E-state index contributed by atoms with van der Waals surface area (Å²) in [6.45, 7) is 4.56. The Labute approximate surface area is 130 Å². The Morgan fingerprint density at radius 2 is 1.90 bits per heavy atom. The number of aryl methyl sites for hydroxylation is 1. The van der Waals surface area contributed by atoms with Crippen molar-refractivity contribution in [2.24, 2.45) is 5.92 Å². The van der Waals surface area contributed by atoms with E-state index in [-0.39, 0.29) is 0 Å². The zero-order valence-corrected chi connectivity index (χ0v) is 13.9. The van der Waals surface area contributed by atoms with Crippen molar-refractivity contribution in [1.82, 2.24) is 9.97 Å². The lowest BCUT2D eigenvalue weighted by Gasteiger charge is -2.35. The van der Waals surface area contributed by atoms with Gasteiger partial charge in [0.05, 0.1) is 0 Å². The molecule has 0 spiro atoms. The van der Waals surface area contributed by atoms with Crippen LogP contribution in [0.5, 0.6) is 0 Å². The van der Waals surface area contributed by atoms with Gasteiger partial charge in [-0.3, -0.25) is 0 Å². The third-order valence-corrected chi connectivity index (χ3v) is 5.59. The highest BCUT2D eigenvalue weighted by atomic mass is 79.9. The van der Waals surface area contributed by atoms with Crippen molar-refractivity contribution in [3.63, 3.8) is 0 Å². The number of aromatic nitrogens is 2. The molecule has 110 valence electrons. The summed E-state index contributed by atoms with van der Waals surface area (Å²) in [5.41, 5.74) is 2.75. The van der Waals surface area contributed by atoms with Gasteiger partial charge >= 0.3 is 0 Å². The van der Waals surface area contributed by atoms with Gasteiger partial charge in [0.2, 0.25) is 0 Å². The molecule has 3 rings (SSSR count). The SMILES string of the molecule is CC(Br)C1CCN(c2ncnc3c2CCCCC3)CC1. The number of alkyl halides is 1. The van der Waals surface area contributed by atoms with Gasteiger partial charge in [0.15, 0.2) is 0 Å². The molecule has 0 saturated carbocycles. The van der Waals surface area contributed by atoms with E-state index in [1.165, 1.54) is 55.6 Å². The summed E-state index contributed by atoms with van der Waals surface area (Å²) >= 11 is 3.74. The van der Waals surface area contributed by atoms with Crippen LogP contribution in [0.1, 0.15) is 50.3 Å². The maximum absolute atomic E-state index is 4.63. The van der Waals surface area contributed by atoms with Crippen LogP contribution in [-0.2, 0) is 12.8 Å². The Hall–Kier alpha value is -0.640. The van der Waals surface area contributed by atoms with Gasteiger partial charge in [-0.15, -0.1) is 0 Å². The summed E-state index contributed by atoms with van der Waals surface area (Å²) in [4.78, 5) is 12.3. The van der Waals surface area contributed by atoms with Gasteiger partial charge in [-0.05, 0) is 44.4 Å². The molecule has 0 bridgehead atoms. The molecule has 1 aromatic rings. The van der Waals surface area contributed by atoms with Gasteiger partial charge in [0.1, 0.15) is 12.1 Å². The van der Waals surface area contributed by atoms with E-state index < -0.39 is 0 Å². The summed E-state index contributed by atoms with van der Waals surface area (Å²) in [5, 5.41) is 0. The molecule has 1 fully saturated rings. The Morgan fingerprint density at radius 1 is 1.15 bits per heavy atom. The summed E-state index contributed by atoms with van der Waals surface area (Å²) < 4.78 is 0. The molecule has 0 aromatic carbocycles. The van der Waals surface area contributed by atoms with E-state index in [0.717, 1.165) is 25.4 Å². The van der Waals surface area contributed by atoms with Gasteiger partial charge < -0.3 is 4.90 Å². The molecule has 0 amide bonds. The maximum atomic E-state index is 4.63. The van der Waals surface area contributed by atoms with Gasteiger partial charge in [0.25, 0.3) is 0 Å². The topological polar surface area (TPSA) is 29.0 Å². The average molecular weight is 338 g/mol. The highest BCUT2D eigenvalue weighted by Gasteiger charge is 2.25. The van der Waals surface area contributed by atoms with Crippen LogP contribution >= 0.6 is 15.9 Å². The van der Waals surface area contributed by atoms with Crippen LogP contribution in [-0.4, -0.2) is 27.9 Å². The van der Waals surface area contributed by atoms with E-state index in [4.69, 9.17) is 0 Å². The van der Waals surface area contributed by atoms with Crippen molar-refractivity contribution < 1.29 is 0 Å². The second-order valence-electron chi connectivity index (χ2n) is 6.19. The van der Waals surface area contributed by atoms with Crippen LogP contribution in [0, 0.1) is 5.92 Å². The molecular weight excluding hydrogens is 314 g/mol. The average Bonchev–Trinajstić information content (AvgIpc) is 2.72. The number of hydrogen-bond acceptors (Lipinski definition) is 3. The molecule has 4 heteroatoms. The van der Waals surface area contributed by atoms with Gasteiger partial charge in [0, 0.05) is 29.2 Å². The van der Waals surface area contributed by atoms with E-state index in [1.807, 2.05) is 0 Å². The fourth-order valence-corrected chi connectivity index (χ4v) is 4.05. The van der Waals surface area contributed by atoms with E-state index in [2.05, 4.69) is 37.7 Å². The lowest BCUT2D eigenvalue weighted by Crippen LogP contribution is -2.37. The molecule has 2 aliphatic rings. The zero-order valence-electron chi connectivity index (χ0n) is 12.3. The number of fused-ring (bicyclic) bond motifs is 1. The molecule has 20 heavy (non-hydrogen) atoms. The van der Waals surface area contributed by atoms with Crippen molar-refractivity contribution in [2.45, 2.75) is 56.7 Å². The molecule has 1 atom stereocenters. The first-order valence-corrected chi connectivity index (χ1v) is 8.89.